The molecule has 124 valence electrons. The fourth-order valence-corrected chi connectivity index (χ4v) is 3.95. The van der Waals surface area contributed by atoms with Crippen molar-refractivity contribution < 1.29 is 14.3 Å². The van der Waals surface area contributed by atoms with Crippen LogP contribution >= 0.6 is 0 Å². The Morgan fingerprint density at radius 2 is 2.04 bits per heavy atom. The number of likely N-dealkylation sites (tertiary alicyclic amines) is 1. The molecule has 0 bridgehead atoms. The molecule has 3 rings (SSSR count). The number of aromatic nitrogens is 1. The molecule has 1 aromatic rings. The monoisotopic (exact) mass is 317 g/mol. The minimum Gasteiger partial charge on any atom is -0.468 e. The van der Waals surface area contributed by atoms with Crippen LogP contribution in [0.25, 0.3) is 0 Å². The van der Waals surface area contributed by atoms with E-state index in [9.17, 15) is 9.59 Å². The number of methoxy groups -OCH3 is 1. The van der Waals surface area contributed by atoms with Gasteiger partial charge in [-0.15, -0.1) is 0 Å². The number of esters is 1. The van der Waals surface area contributed by atoms with Gasteiger partial charge in [-0.05, 0) is 37.3 Å². The molecule has 1 saturated carbocycles. The normalized spacial score (nSPS) is 27.3. The minimum atomic E-state index is -0.295. The second-order valence-electron chi connectivity index (χ2n) is 6.34. The maximum atomic E-state index is 12.4. The number of amides is 1. The summed E-state index contributed by atoms with van der Waals surface area (Å²) in [5.41, 5.74) is 0.721. The number of pyridine rings is 1. The summed E-state index contributed by atoms with van der Waals surface area (Å²) in [6.45, 7) is 0.225. The Labute approximate surface area is 136 Å². The Kier molecular flexibility index (Phi) is 4.91. The lowest BCUT2D eigenvalue weighted by atomic mass is 9.85. The number of carbonyl (C=O) groups is 2. The van der Waals surface area contributed by atoms with Gasteiger partial charge < -0.3 is 10.1 Å². The molecule has 2 heterocycles. The largest absolute Gasteiger partial charge is 0.468 e. The van der Waals surface area contributed by atoms with Crippen molar-refractivity contribution in [1.82, 2.24) is 9.88 Å². The number of rotatable bonds is 4. The number of nitrogens with one attached hydrogen (secondary N) is 1. The van der Waals surface area contributed by atoms with Crippen molar-refractivity contribution in [3.63, 3.8) is 0 Å². The second kappa shape index (κ2) is 7.08. The van der Waals surface area contributed by atoms with Crippen molar-refractivity contribution >= 4 is 17.6 Å². The van der Waals surface area contributed by atoms with Crippen LogP contribution in [0, 0.1) is 5.92 Å². The molecule has 23 heavy (non-hydrogen) atoms. The SMILES string of the molecule is COC(=O)[C@@H]1C[C@H]2CCCC[C@@H]2N1CC(=O)Nc1ccncc1. The number of ether oxygens (including phenoxy) is 1. The number of hydrogen-bond donors (Lipinski definition) is 1. The standard InChI is InChI=1S/C17H23N3O3/c1-23-17(22)15-10-12-4-2-3-5-14(12)20(15)11-16(21)19-13-6-8-18-9-7-13/h6-9,12,14-15H,2-5,10-11H2,1H3,(H,18,19,21)/t12-,14+,15+/m1/s1. The van der Waals surface area contributed by atoms with E-state index >= 15 is 0 Å². The number of fused-ring (bicyclic) bond motifs is 1. The van der Waals surface area contributed by atoms with Crippen LogP contribution in [0.5, 0.6) is 0 Å². The Bertz CT molecular complexity index is 563. The van der Waals surface area contributed by atoms with Crippen LogP contribution in [0.15, 0.2) is 24.5 Å². The fraction of sp³-hybridized carbons (Fsp3) is 0.588. The third-order valence-electron chi connectivity index (χ3n) is 4.98. The zero-order valence-electron chi connectivity index (χ0n) is 13.4. The number of nitrogens with zero attached hydrogens (tertiary/aromatic N) is 2. The Balaban J connectivity index is 1.69. The molecular weight excluding hydrogens is 294 g/mol. The molecule has 1 N–H and O–H groups in total. The van der Waals surface area contributed by atoms with E-state index in [1.54, 1.807) is 24.5 Å². The molecule has 1 aliphatic carbocycles. The fourth-order valence-electron chi connectivity index (χ4n) is 3.95. The van der Waals surface area contributed by atoms with E-state index in [0.29, 0.717) is 12.0 Å². The van der Waals surface area contributed by atoms with Crippen molar-refractivity contribution in [3.8, 4) is 0 Å². The van der Waals surface area contributed by atoms with Crippen molar-refractivity contribution in [2.24, 2.45) is 5.92 Å². The predicted octanol–water partition coefficient (Wildman–Crippen LogP) is 1.83. The molecule has 0 radical (unpaired) electrons. The molecule has 0 aromatic carbocycles. The lowest BCUT2D eigenvalue weighted by Gasteiger charge is -2.32. The summed E-state index contributed by atoms with van der Waals surface area (Å²) in [7, 11) is 1.42. The van der Waals surface area contributed by atoms with Gasteiger partial charge in [-0.1, -0.05) is 12.8 Å². The van der Waals surface area contributed by atoms with Crippen LogP contribution in [0.1, 0.15) is 32.1 Å². The van der Waals surface area contributed by atoms with E-state index in [2.05, 4.69) is 10.3 Å². The first-order valence-corrected chi connectivity index (χ1v) is 8.22. The van der Waals surface area contributed by atoms with Crippen LogP contribution in [0.2, 0.25) is 0 Å². The molecular formula is C17H23N3O3. The van der Waals surface area contributed by atoms with Gasteiger partial charge in [0.15, 0.2) is 0 Å². The van der Waals surface area contributed by atoms with Crippen LogP contribution in [0.4, 0.5) is 5.69 Å². The van der Waals surface area contributed by atoms with Gasteiger partial charge in [-0.25, -0.2) is 0 Å². The van der Waals surface area contributed by atoms with E-state index in [1.165, 1.54) is 13.5 Å². The summed E-state index contributed by atoms with van der Waals surface area (Å²) in [5, 5.41) is 2.87. The van der Waals surface area contributed by atoms with Crippen molar-refractivity contribution in [2.45, 2.75) is 44.2 Å². The highest BCUT2D eigenvalue weighted by Gasteiger charge is 2.46. The first-order valence-electron chi connectivity index (χ1n) is 8.22. The Morgan fingerprint density at radius 3 is 2.78 bits per heavy atom. The Morgan fingerprint density at radius 1 is 1.30 bits per heavy atom. The molecule has 1 amide bonds. The average molecular weight is 317 g/mol. The maximum absolute atomic E-state index is 12.4. The zero-order valence-corrected chi connectivity index (χ0v) is 13.4. The summed E-state index contributed by atoms with van der Waals surface area (Å²) in [6, 6.07) is 3.53. The van der Waals surface area contributed by atoms with Crippen molar-refractivity contribution in [2.75, 3.05) is 19.0 Å². The molecule has 1 saturated heterocycles. The molecule has 1 aliphatic heterocycles. The van der Waals surface area contributed by atoms with E-state index in [0.717, 1.165) is 31.4 Å². The first kappa shape index (κ1) is 15.9. The van der Waals surface area contributed by atoms with Gasteiger partial charge in [0.2, 0.25) is 5.91 Å². The maximum Gasteiger partial charge on any atom is 0.323 e. The van der Waals surface area contributed by atoms with Crippen molar-refractivity contribution in [3.05, 3.63) is 24.5 Å². The highest BCUT2D eigenvalue weighted by atomic mass is 16.5. The molecule has 3 atom stereocenters. The van der Waals surface area contributed by atoms with Crippen LogP contribution in [-0.2, 0) is 14.3 Å². The second-order valence-corrected chi connectivity index (χ2v) is 6.34. The summed E-state index contributed by atoms with van der Waals surface area (Å²) < 4.78 is 4.95. The quantitative estimate of drug-likeness (QED) is 0.858. The van der Waals surface area contributed by atoms with Gasteiger partial charge in [-0.2, -0.15) is 0 Å². The van der Waals surface area contributed by atoms with Crippen LogP contribution in [0.3, 0.4) is 0 Å². The molecule has 0 unspecified atom stereocenters. The highest BCUT2D eigenvalue weighted by molar-refractivity contribution is 5.92. The smallest absolute Gasteiger partial charge is 0.323 e. The van der Waals surface area contributed by atoms with E-state index in [1.807, 2.05) is 4.90 Å². The van der Waals surface area contributed by atoms with Gasteiger partial charge in [0.05, 0.1) is 13.7 Å². The lowest BCUT2D eigenvalue weighted by molar-refractivity contribution is -0.146. The number of carbonyl (C=O) groups excluding carboxylic acids is 2. The predicted molar refractivity (Wildman–Crippen MR) is 85.7 cm³/mol. The molecule has 0 spiro atoms. The van der Waals surface area contributed by atoms with Gasteiger partial charge in [-0.3, -0.25) is 19.5 Å². The number of hydrogen-bond acceptors (Lipinski definition) is 5. The van der Waals surface area contributed by atoms with Gasteiger partial charge >= 0.3 is 5.97 Å². The molecule has 6 nitrogen and oxygen atoms in total. The molecule has 2 fully saturated rings. The summed E-state index contributed by atoms with van der Waals surface area (Å²) >= 11 is 0. The topological polar surface area (TPSA) is 71.5 Å². The van der Waals surface area contributed by atoms with Gasteiger partial charge in [0, 0.05) is 24.1 Å². The summed E-state index contributed by atoms with van der Waals surface area (Å²) in [5.74, 6) is 0.175. The Hall–Kier alpha value is -1.95. The first-order chi connectivity index (χ1) is 11.2. The van der Waals surface area contributed by atoms with Gasteiger partial charge in [0.1, 0.15) is 6.04 Å². The molecule has 1 aromatic heterocycles. The highest BCUT2D eigenvalue weighted by Crippen LogP contribution is 2.39. The molecule has 6 heteroatoms. The number of anilines is 1. The van der Waals surface area contributed by atoms with E-state index < -0.39 is 0 Å². The summed E-state index contributed by atoms with van der Waals surface area (Å²) in [6.07, 6.45) is 8.66. The zero-order chi connectivity index (χ0) is 16.2. The van der Waals surface area contributed by atoms with E-state index in [-0.39, 0.29) is 24.5 Å². The van der Waals surface area contributed by atoms with Crippen molar-refractivity contribution in [1.29, 1.82) is 0 Å². The van der Waals surface area contributed by atoms with E-state index in [4.69, 9.17) is 4.74 Å². The van der Waals surface area contributed by atoms with Crippen LogP contribution < -0.4 is 5.32 Å². The average Bonchev–Trinajstić information content (AvgIpc) is 2.94. The minimum absolute atomic E-state index is 0.101. The molecule has 2 aliphatic rings. The third kappa shape index (κ3) is 3.52. The lowest BCUT2D eigenvalue weighted by Crippen LogP contribution is -2.46. The van der Waals surface area contributed by atoms with Crippen LogP contribution in [-0.4, -0.2) is 47.5 Å². The summed E-state index contributed by atoms with van der Waals surface area (Å²) in [4.78, 5) is 30.5. The third-order valence-corrected chi connectivity index (χ3v) is 4.98. The van der Waals surface area contributed by atoms with Gasteiger partial charge in [0.25, 0.3) is 0 Å².